The van der Waals surface area contributed by atoms with Gasteiger partial charge in [0.2, 0.25) is 0 Å². The van der Waals surface area contributed by atoms with Crippen molar-refractivity contribution in [2.45, 2.75) is 31.3 Å². The first kappa shape index (κ1) is 13.2. The molecule has 0 radical (unpaired) electrons. The zero-order valence-electron chi connectivity index (χ0n) is 11.1. The molecular weight excluding hydrogens is 228 g/mol. The van der Waals surface area contributed by atoms with E-state index in [0.717, 1.165) is 30.0 Å². The van der Waals surface area contributed by atoms with E-state index >= 15 is 0 Å². The van der Waals surface area contributed by atoms with E-state index in [1.165, 1.54) is 12.8 Å². The monoisotopic (exact) mass is 250 g/mol. The predicted octanol–water partition coefficient (Wildman–Crippen LogP) is 1.85. The number of ether oxygens (including phenoxy) is 2. The lowest BCUT2D eigenvalue weighted by atomic mass is 9.99. The largest absolute Gasteiger partial charge is 0.493 e. The summed E-state index contributed by atoms with van der Waals surface area (Å²) in [6.45, 7) is 1.11. The lowest BCUT2D eigenvalue weighted by Crippen LogP contribution is -2.26. The number of nitrogens with one attached hydrogen (secondary N) is 1. The molecule has 0 aliphatic carbocycles. The Labute approximate surface area is 108 Å². The highest BCUT2D eigenvalue weighted by atomic mass is 16.5. The van der Waals surface area contributed by atoms with Crippen LogP contribution in [0.2, 0.25) is 0 Å². The van der Waals surface area contributed by atoms with Gasteiger partial charge in [0, 0.05) is 12.1 Å². The highest BCUT2D eigenvalue weighted by Gasteiger charge is 2.19. The summed E-state index contributed by atoms with van der Waals surface area (Å²) < 4.78 is 10.5. The Morgan fingerprint density at radius 2 is 2.11 bits per heavy atom. The fourth-order valence-corrected chi connectivity index (χ4v) is 2.48. The van der Waals surface area contributed by atoms with Gasteiger partial charge >= 0.3 is 0 Å². The van der Waals surface area contributed by atoms with Crippen LogP contribution in [-0.4, -0.2) is 26.8 Å². The van der Waals surface area contributed by atoms with Gasteiger partial charge in [-0.2, -0.15) is 0 Å². The third-order valence-electron chi connectivity index (χ3n) is 3.54. The lowest BCUT2D eigenvalue weighted by Gasteiger charge is -2.18. The summed E-state index contributed by atoms with van der Waals surface area (Å²) in [7, 11) is 3.28. The SMILES string of the molecule is COc1ccc(C(N)CC2CCCN2)cc1OC. The second-order valence-electron chi connectivity index (χ2n) is 4.75. The van der Waals surface area contributed by atoms with Crippen molar-refractivity contribution in [2.75, 3.05) is 20.8 Å². The summed E-state index contributed by atoms with van der Waals surface area (Å²) in [6, 6.07) is 6.49. The number of hydrogen-bond acceptors (Lipinski definition) is 4. The van der Waals surface area contributed by atoms with Crippen LogP contribution >= 0.6 is 0 Å². The predicted molar refractivity (Wildman–Crippen MR) is 72.1 cm³/mol. The van der Waals surface area contributed by atoms with Crippen LogP contribution in [0.4, 0.5) is 0 Å². The van der Waals surface area contributed by atoms with Crippen molar-refractivity contribution in [1.29, 1.82) is 0 Å². The molecule has 1 saturated heterocycles. The second-order valence-corrected chi connectivity index (χ2v) is 4.75. The normalized spacial score (nSPS) is 20.7. The first-order valence-corrected chi connectivity index (χ1v) is 6.45. The molecule has 4 heteroatoms. The fourth-order valence-electron chi connectivity index (χ4n) is 2.48. The standard InChI is InChI=1S/C14H22N2O2/c1-17-13-6-5-10(8-14(13)18-2)12(15)9-11-4-3-7-16-11/h5-6,8,11-12,16H,3-4,7,9,15H2,1-2H3. The van der Waals surface area contributed by atoms with Crippen molar-refractivity contribution < 1.29 is 9.47 Å². The Bertz CT molecular complexity index is 389. The van der Waals surface area contributed by atoms with Crippen LogP contribution in [0, 0.1) is 0 Å². The molecule has 0 aromatic heterocycles. The minimum absolute atomic E-state index is 0.0420. The van der Waals surface area contributed by atoms with Crippen molar-refractivity contribution in [2.24, 2.45) is 5.73 Å². The lowest BCUT2D eigenvalue weighted by molar-refractivity contribution is 0.354. The molecule has 1 heterocycles. The van der Waals surface area contributed by atoms with Crippen LogP contribution in [0.1, 0.15) is 30.9 Å². The van der Waals surface area contributed by atoms with E-state index in [-0.39, 0.29) is 6.04 Å². The van der Waals surface area contributed by atoms with E-state index in [0.29, 0.717) is 6.04 Å². The second kappa shape index (κ2) is 6.07. The first-order chi connectivity index (χ1) is 8.74. The van der Waals surface area contributed by atoms with Crippen LogP contribution in [0.5, 0.6) is 11.5 Å². The molecule has 18 heavy (non-hydrogen) atoms. The van der Waals surface area contributed by atoms with Crippen LogP contribution in [0.25, 0.3) is 0 Å². The molecule has 0 amide bonds. The quantitative estimate of drug-likeness (QED) is 0.837. The van der Waals surface area contributed by atoms with Crippen molar-refractivity contribution in [3.05, 3.63) is 23.8 Å². The summed E-state index contributed by atoms with van der Waals surface area (Å²) >= 11 is 0. The van der Waals surface area contributed by atoms with Crippen molar-refractivity contribution in [3.63, 3.8) is 0 Å². The third-order valence-corrected chi connectivity index (χ3v) is 3.54. The van der Waals surface area contributed by atoms with E-state index in [1.807, 2.05) is 18.2 Å². The summed E-state index contributed by atoms with van der Waals surface area (Å²) in [5.74, 6) is 1.48. The molecule has 0 bridgehead atoms. The molecule has 2 rings (SSSR count). The number of hydrogen-bond donors (Lipinski definition) is 2. The number of benzene rings is 1. The smallest absolute Gasteiger partial charge is 0.161 e. The van der Waals surface area contributed by atoms with E-state index in [4.69, 9.17) is 15.2 Å². The Balaban J connectivity index is 2.06. The van der Waals surface area contributed by atoms with Gasteiger partial charge in [-0.3, -0.25) is 0 Å². The molecule has 2 atom stereocenters. The van der Waals surface area contributed by atoms with E-state index in [9.17, 15) is 0 Å². The molecule has 100 valence electrons. The van der Waals surface area contributed by atoms with Gasteiger partial charge in [-0.1, -0.05) is 6.07 Å². The van der Waals surface area contributed by atoms with Crippen LogP contribution in [0.3, 0.4) is 0 Å². The molecule has 4 nitrogen and oxygen atoms in total. The fraction of sp³-hybridized carbons (Fsp3) is 0.571. The van der Waals surface area contributed by atoms with Gasteiger partial charge in [-0.15, -0.1) is 0 Å². The number of methoxy groups -OCH3 is 2. The van der Waals surface area contributed by atoms with Gasteiger partial charge in [0.15, 0.2) is 11.5 Å². The molecule has 1 aromatic carbocycles. The average Bonchev–Trinajstić information content (AvgIpc) is 2.90. The molecule has 1 aliphatic rings. The van der Waals surface area contributed by atoms with Gasteiger partial charge in [-0.25, -0.2) is 0 Å². The van der Waals surface area contributed by atoms with E-state index in [1.54, 1.807) is 14.2 Å². The summed E-state index contributed by atoms with van der Waals surface area (Å²) in [5, 5.41) is 3.47. The highest BCUT2D eigenvalue weighted by molar-refractivity contribution is 5.43. The molecule has 3 N–H and O–H groups in total. The Morgan fingerprint density at radius 1 is 1.33 bits per heavy atom. The van der Waals surface area contributed by atoms with E-state index < -0.39 is 0 Å². The zero-order valence-corrected chi connectivity index (χ0v) is 11.1. The Kier molecular flexibility index (Phi) is 4.44. The Hall–Kier alpha value is -1.26. The average molecular weight is 250 g/mol. The maximum atomic E-state index is 6.25. The van der Waals surface area contributed by atoms with Crippen molar-refractivity contribution in [1.82, 2.24) is 5.32 Å². The van der Waals surface area contributed by atoms with Gasteiger partial charge < -0.3 is 20.5 Å². The van der Waals surface area contributed by atoms with Crippen molar-refractivity contribution >= 4 is 0 Å². The van der Waals surface area contributed by atoms with Crippen LogP contribution < -0.4 is 20.5 Å². The minimum Gasteiger partial charge on any atom is -0.493 e. The maximum Gasteiger partial charge on any atom is 0.161 e. The molecule has 1 aromatic rings. The molecular formula is C14H22N2O2. The van der Waals surface area contributed by atoms with Gasteiger partial charge in [-0.05, 0) is 43.5 Å². The molecule has 2 unspecified atom stereocenters. The van der Waals surface area contributed by atoms with E-state index in [2.05, 4.69) is 5.32 Å². The summed E-state index contributed by atoms with van der Waals surface area (Å²) in [6.07, 6.45) is 3.44. The summed E-state index contributed by atoms with van der Waals surface area (Å²) in [4.78, 5) is 0. The molecule has 0 saturated carbocycles. The van der Waals surface area contributed by atoms with Crippen LogP contribution in [0.15, 0.2) is 18.2 Å². The van der Waals surface area contributed by atoms with Gasteiger partial charge in [0.1, 0.15) is 0 Å². The number of rotatable bonds is 5. The Morgan fingerprint density at radius 3 is 2.72 bits per heavy atom. The van der Waals surface area contributed by atoms with Gasteiger partial charge in [0.25, 0.3) is 0 Å². The first-order valence-electron chi connectivity index (χ1n) is 6.45. The number of nitrogens with two attached hydrogens (primary N) is 1. The summed E-state index contributed by atoms with van der Waals surface area (Å²) in [5.41, 5.74) is 7.35. The third kappa shape index (κ3) is 2.94. The maximum absolute atomic E-state index is 6.25. The van der Waals surface area contributed by atoms with Crippen LogP contribution in [-0.2, 0) is 0 Å². The molecule has 0 spiro atoms. The minimum atomic E-state index is 0.0420. The van der Waals surface area contributed by atoms with Crippen molar-refractivity contribution in [3.8, 4) is 11.5 Å². The highest BCUT2D eigenvalue weighted by Crippen LogP contribution is 2.31. The zero-order chi connectivity index (χ0) is 13.0. The van der Waals surface area contributed by atoms with Gasteiger partial charge in [0.05, 0.1) is 14.2 Å². The molecule has 1 fully saturated rings. The topological polar surface area (TPSA) is 56.5 Å². The molecule has 1 aliphatic heterocycles.